The second kappa shape index (κ2) is 9.89. The fraction of sp³-hybridized carbons (Fsp3) is 0.619. The minimum absolute atomic E-state index is 0.0143. The van der Waals surface area contributed by atoms with Gasteiger partial charge in [0, 0.05) is 12.1 Å². The molecule has 1 aromatic rings. The Hall–Kier alpha value is -2.12. The average molecular weight is 389 g/mol. The third kappa shape index (κ3) is 5.94. The van der Waals surface area contributed by atoms with E-state index in [4.69, 9.17) is 4.74 Å². The highest BCUT2D eigenvalue weighted by atomic mass is 16.6. The molecule has 0 bridgehead atoms. The molecule has 5 atom stereocenters. The summed E-state index contributed by atoms with van der Waals surface area (Å²) in [7, 11) is 0. The maximum absolute atomic E-state index is 12.2. The van der Waals surface area contributed by atoms with Crippen LogP contribution in [0.25, 0.3) is 0 Å². The summed E-state index contributed by atoms with van der Waals surface area (Å²) in [4.78, 5) is 24.2. The highest BCUT2D eigenvalue weighted by Crippen LogP contribution is 2.32. The third-order valence-electron chi connectivity index (χ3n) is 5.72. The Kier molecular flexibility index (Phi) is 7.28. The number of rotatable bonds is 7. The van der Waals surface area contributed by atoms with Gasteiger partial charge in [-0.25, -0.2) is 10.2 Å². The van der Waals surface area contributed by atoms with Crippen molar-refractivity contribution in [1.29, 1.82) is 0 Å². The number of nitrogens with one attached hydrogen (secondary N) is 4. The first kappa shape index (κ1) is 20.6. The van der Waals surface area contributed by atoms with Crippen molar-refractivity contribution in [2.75, 3.05) is 0 Å². The van der Waals surface area contributed by atoms with Crippen LogP contribution in [-0.2, 0) is 16.0 Å². The Morgan fingerprint density at radius 3 is 2.71 bits per heavy atom. The van der Waals surface area contributed by atoms with Crippen molar-refractivity contribution >= 4 is 12.0 Å². The van der Waals surface area contributed by atoms with Gasteiger partial charge in [-0.15, -0.1) is 0 Å². The summed E-state index contributed by atoms with van der Waals surface area (Å²) in [6.45, 7) is 4.00. The lowest BCUT2D eigenvalue weighted by molar-refractivity contribution is -0.121. The van der Waals surface area contributed by atoms with Gasteiger partial charge in [0.05, 0.1) is 12.6 Å². The maximum atomic E-state index is 12.2. The van der Waals surface area contributed by atoms with Gasteiger partial charge in [0.1, 0.15) is 6.10 Å². The first-order chi connectivity index (χ1) is 13.5. The van der Waals surface area contributed by atoms with E-state index in [-0.39, 0.29) is 36.4 Å². The zero-order valence-electron chi connectivity index (χ0n) is 16.7. The molecule has 1 aliphatic heterocycles. The van der Waals surface area contributed by atoms with Crippen LogP contribution in [0.1, 0.15) is 51.5 Å². The van der Waals surface area contributed by atoms with E-state index >= 15 is 0 Å². The van der Waals surface area contributed by atoms with Crippen molar-refractivity contribution in [3.8, 4) is 0 Å². The molecule has 2 amide bonds. The standard InChI is InChI=1S/C21H32N4O3/c1-3-14(2)22-21(27)28-17-10-9-16(12-17)18-13-19(25-24-18)23-20(26)11-15-7-5-4-6-8-15/h4-8,14,16-19,24-25H,3,9-13H2,1-2H3,(H,22,27)(H,23,26)/t14-,16-,17+,18?,19?/m0/s1. The minimum Gasteiger partial charge on any atom is -0.446 e. The van der Waals surface area contributed by atoms with Gasteiger partial charge in [-0.05, 0) is 50.5 Å². The molecule has 0 radical (unpaired) electrons. The molecule has 7 heteroatoms. The van der Waals surface area contributed by atoms with E-state index in [1.807, 2.05) is 44.2 Å². The van der Waals surface area contributed by atoms with Crippen molar-refractivity contribution in [2.24, 2.45) is 5.92 Å². The third-order valence-corrected chi connectivity index (χ3v) is 5.72. The molecule has 1 saturated carbocycles. The summed E-state index contributed by atoms with van der Waals surface area (Å²) in [5, 5.41) is 5.90. The van der Waals surface area contributed by atoms with Gasteiger partial charge in [0.15, 0.2) is 0 Å². The van der Waals surface area contributed by atoms with Crippen LogP contribution in [0.5, 0.6) is 0 Å². The van der Waals surface area contributed by atoms with E-state index in [2.05, 4.69) is 21.5 Å². The number of alkyl carbamates (subject to hydrolysis) is 1. The second-order valence-electron chi connectivity index (χ2n) is 7.97. The van der Waals surface area contributed by atoms with E-state index in [0.717, 1.165) is 37.7 Å². The molecule has 1 aliphatic carbocycles. The van der Waals surface area contributed by atoms with Crippen LogP contribution < -0.4 is 21.5 Å². The van der Waals surface area contributed by atoms with Gasteiger partial charge < -0.3 is 15.4 Å². The van der Waals surface area contributed by atoms with E-state index in [1.165, 1.54) is 0 Å². The zero-order chi connectivity index (χ0) is 19.9. The van der Waals surface area contributed by atoms with E-state index in [9.17, 15) is 9.59 Å². The molecule has 154 valence electrons. The molecule has 2 aliphatic rings. The summed E-state index contributed by atoms with van der Waals surface area (Å²) >= 11 is 0. The van der Waals surface area contributed by atoms with Crippen LogP contribution >= 0.6 is 0 Å². The Labute approximate surface area is 167 Å². The van der Waals surface area contributed by atoms with Crippen molar-refractivity contribution < 1.29 is 14.3 Å². The highest BCUT2D eigenvalue weighted by molar-refractivity contribution is 5.78. The first-order valence-electron chi connectivity index (χ1n) is 10.3. The zero-order valence-corrected chi connectivity index (χ0v) is 16.7. The molecule has 3 rings (SSSR count). The van der Waals surface area contributed by atoms with Crippen molar-refractivity contribution in [1.82, 2.24) is 21.5 Å². The summed E-state index contributed by atoms with van der Waals surface area (Å²) in [5.74, 6) is 0.449. The van der Waals surface area contributed by atoms with Crippen LogP contribution in [0.2, 0.25) is 0 Å². The maximum Gasteiger partial charge on any atom is 0.407 e. The van der Waals surface area contributed by atoms with Crippen LogP contribution in [0, 0.1) is 5.92 Å². The number of amides is 2. The summed E-state index contributed by atoms with van der Waals surface area (Å²) in [6, 6.07) is 10.1. The smallest absolute Gasteiger partial charge is 0.407 e. The van der Waals surface area contributed by atoms with Crippen LogP contribution in [0.4, 0.5) is 4.79 Å². The molecule has 0 aromatic heterocycles. The molecule has 1 saturated heterocycles. The number of carbonyl (C=O) groups excluding carboxylic acids is 2. The van der Waals surface area contributed by atoms with Crippen molar-refractivity contribution in [2.45, 2.75) is 76.7 Å². The van der Waals surface area contributed by atoms with Gasteiger partial charge >= 0.3 is 6.09 Å². The Bertz CT molecular complexity index is 654. The van der Waals surface area contributed by atoms with E-state index in [0.29, 0.717) is 12.3 Å². The molecule has 2 fully saturated rings. The monoisotopic (exact) mass is 388 g/mol. The van der Waals surface area contributed by atoms with Crippen molar-refractivity contribution in [3.05, 3.63) is 35.9 Å². The first-order valence-corrected chi connectivity index (χ1v) is 10.3. The molecule has 28 heavy (non-hydrogen) atoms. The van der Waals surface area contributed by atoms with Crippen LogP contribution in [-0.4, -0.2) is 36.4 Å². The van der Waals surface area contributed by atoms with Crippen LogP contribution in [0.15, 0.2) is 30.3 Å². The predicted octanol–water partition coefficient (Wildman–Crippen LogP) is 2.23. The molecule has 2 unspecified atom stereocenters. The second-order valence-corrected chi connectivity index (χ2v) is 7.97. The lowest BCUT2D eigenvalue weighted by Crippen LogP contribution is -2.45. The quantitative estimate of drug-likeness (QED) is 0.575. The fourth-order valence-electron chi connectivity index (χ4n) is 3.95. The van der Waals surface area contributed by atoms with Gasteiger partial charge in [-0.1, -0.05) is 37.3 Å². The molecule has 0 spiro atoms. The lowest BCUT2D eigenvalue weighted by atomic mass is 9.96. The van der Waals surface area contributed by atoms with Gasteiger partial charge in [0.2, 0.25) is 5.91 Å². The fourth-order valence-corrected chi connectivity index (χ4v) is 3.95. The minimum atomic E-state index is -0.316. The molecular formula is C21H32N4O3. The predicted molar refractivity (Wildman–Crippen MR) is 107 cm³/mol. The van der Waals surface area contributed by atoms with Crippen molar-refractivity contribution in [3.63, 3.8) is 0 Å². The molecule has 7 nitrogen and oxygen atoms in total. The molecule has 1 aromatic carbocycles. The topological polar surface area (TPSA) is 91.5 Å². The highest BCUT2D eigenvalue weighted by Gasteiger charge is 2.37. The van der Waals surface area contributed by atoms with Gasteiger partial charge in [-0.3, -0.25) is 10.2 Å². The van der Waals surface area contributed by atoms with E-state index < -0.39 is 0 Å². The number of hydrazine groups is 1. The number of benzene rings is 1. The summed E-state index contributed by atoms with van der Waals surface area (Å²) in [6.07, 6.45) is 4.45. The Balaban J connectivity index is 1.38. The summed E-state index contributed by atoms with van der Waals surface area (Å²) in [5.41, 5.74) is 7.51. The average Bonchev–Trinajstić information content (AvgIpc) is 3.31. The van der Waals surface area contributed by atoms with Gasteiger partial charge in [0.25, 0.3) is 0 Å². The van der Waals surface area contributed by atoms with Gasteiger partial charge in [-0.2, -0.15) is 0 Å². The number of hydrogen-bond donors (Lipinski definition) is 4. The lowest BCUT2D eigenvalue weighted by Gasteiger charge is -2.19. The van der Waals surface area contributed by atoms with Crippen LogP contribution in [0.3, 0.4) is 0 Å². The molecular weight excluding hydrogens is 356 g/mol. The Morgan fingerprint density at radius 1 is 1.18 bits per heavy atom. The number of ether oxygens (including phenoxy) is 1. The molecule has 4 N–H and O–H groups in total. The largest absolute Gasteiger partial charge is 0.446 e. The number of carbonyl (C=O) groups is 2. The Morgan fingerprint density at radius 2 is 1.96 bits per heavy atom. The number of hydrogen-bond acceptors (Lipinski definition) is 5. The SMILES string of the molecule is CC[C@H](C)NC(=O)O[C@@H]1CC[C@H](C2CC(NC(=O)Cc3ccccc3)NN2)C1. The van der Waals surface area contributed by atoms with E-state index in [1.54, 1.807) is 0 Å². The normalized spacial score (nSPS) is 27.9. The molecule has 1 heterocycles. The summed E-state index contributed by atoms with van der Waals surface area (Å²) < 4.78 is 5.56.